The topological polar surface area (TPSA) is 109 Å². The number of benzene rings is 1. The molecule has 0 amide bonds. The van der Waals surface area contributed by atoms with E-state index in [2.05, 4.69) is 25.4 Å². The van der Waals surface area contributed by atoms with E-state index in [1.54, 1.807) is 19.2 Å². The van der Waals surface area contributed by atoms with E-state index >= 15 is 0 Å². The number of thioether (sulfide) groups is 1. The maximum Gasteiger partial charge on any atom is 0.311 e. The van der Waals surface area contributed by atoms with Crippen LogP contribution in [0.25, 0.3) is 22.6 Å². The van der Waals surface area contributed by atoms with Crippen molar-refractivity contribution in [2.24, 2.45) is 0 Å². The van der Waals surface area contributed by atoms with Crippen LogP contribution in [0.3, 0.4) is 0 Å². The first-order chi connectivity index (χ1) is 14.1. The normalized spacial score (nSPS) is 11.4. The average molecular weight is 417 g/mol. The van der Waals surface area contributed by atoms with Gasteiger partial charge >= 0.3 is 5.97 Å². The molecule has 0 radical (unpaired) electrons. The zero-order valence-corrected chi connectivity index (χ0v) is 16.4. The molecule has 0 unspecified atom stereocenters. The Balaban J connectivity index is 1.91. The highest BCUT2D eigenvalue weighted by Crippen LogP contribution is 2.23. The predicted molar refractivity (Wildman–Crippen MR) is 101 cm³/mol. The molecule has 12 heteroatoms. The molecule has 29 heavy (non-hydrogen) atoms. The number of carbonyl (C=O) groups is 1. The van der Waals surface area contributed by atoms with Crippen LogP contribution in [0, 0.1) is 5.82 Å². The SMILES string of the molecule is COCCSc1nc2nnc3c(CC(=O)OC)nn(-c4cccc(F)c4)c3n2n1. The Kier molecular flexibility index (Phi) is 5.36. The average Bonchev–Trinajstić information content (AvgIpc) is 3.29. The van der Waals surface area contributed by atoms with Crippen molar-refractivity contribution < 1.29 is 18.7 Å². The molecule has 150 valence electrons. The van der Waals surface area contributed by atoms with Gasteiger partial charge in [0.05, 0.1) is 25.8 Å². The van der Waals surface area contributed by atoms with E-state index in [1.807, 2.05) is 0 Å². The zero-order valence-electron chi connectivity index (χ0n) is 15.6. The molecular formula is C17H16FN7O3S. The van der Waals surface area contributed by atoms with Crippen LogP contribution in [0.1, 0.15) is 5.69 Å². The number of rotatable bonds is 7. The third kappa shape index (κ3) is 3.76. The molecule has 0 aliphatic carbocycles. The van der Waals surface area contributed by atoms with Gasteiger partial charge in [-0.3, -0.25) is 4.79 Å². The van der Waals surface area contributed by atoms with E-state index in [9.17, 15) is 9.18 Å². The van der Waals surface area contributed by atoms with E-state index in [0.717, 1.165) is 0 Å². The Morgan fingerprint density at radius 2 is 2.10 bits per heavy atom. The molecule has 0 aliphatic heterocycles. The lowest BCUT2D eigenvalue weighted by molar-refractivity contribution is -0.139. The maximum atomic E-state index is 13.8. The van der Waals surface area contributed by atoms with E-state index in [0.29, 0.717) is 40.1 Å². The van der Waals surface area contributed by atoms with Gasteiger partial charge in [0.25, 0.3) is 5.78 Å². The molecule has 0 saturated carbocycles. The van der Waals surface area contributed by atoms with Crippen molar-refractivity contribution in [3.8, 4) is 5.69 Å². The molecular weight excluding hydrogens is 401 g/mol. The summed E-state index contributed by atoms with van der Waals surface area (Å²) in [5, 5.41) is 17.7. The van der Waals surface area contributed by atoms with E-state index in [-0.39, 0.29) is 12.2 Å². The minimum absolute atomic E-state index is 0.111. The molecule has 0 atom stereocenters. The van der Waals surface area contributed by atoms with Crippen molar-refractivity contribution in [2.45, 2.75) is 11.6 Å². The monoisotopic (exact) mass is 417 g/mol. The van der Waals surface area contributed by atoms with Crippen molar-refractivity contribution in [1.82, 2.24) is 34.6 Å². The van der Waals surface area contributed by atoms with Gasteiger partial charge in [-0.15, -0.1) is 15.3 Å². The molecule has 0 saturated heterocycles. The van der Waals surface area contributed by atoms with Crippen molar-refractivity contribution in [1.29, 1.82) is 0 Å². The van der Waals surface area contributed by atoms with Crippen LogP contribution in [-0.2, 0) is 20.7 Å². The van der Waals surface area contributed by atoms with Crippen LogP contribution in [0.15, 0.2) is 29.4 Å². The van der Waals surface area contributed by atoms with Gasteiger partial charge in [0.1, 0.15) is 11.5 Å². The largest absolute Gasteiger partial charge is 0.469 e. The molecule has 3 aromatic heterocycles. The van der Waals surface area contributed by atoms with Gasteiger partial charge in [-0.1, -0.05) is 17.8 Å². The summed E-state index contributed by atoms with van der Waals surface area (Å²) in [6.45, 7) is 0.547. The molecule has 0 bridgehead atoms. The molecule has 0 spiro atoms. The standard InChI is InChI=1S/C17H16FN7O3S/c1-27-6-7-29-17-19-16-21-20-14-12(9-13(26)28-2)22-24(15(14)25(16)23-17)11-5-3-4-10(18)8-11/h3-5,8H,6-7,9H2,1-2H3. The second-order valence-corrected chi connectivity index (χ2v) is 6.97. The summed E-state index contributed by atoms with van der Waals surface area (Å²) in [7, 11) is 2.91. The van der Waals surface area contributed by atoms with Crippen LogP contribution in [0.2, 0.25) is 0 Å². The van der Waals surface area contributed by atoms with Crippen molar-refractivity contribution >= 4 is 34.7 Å². The first kappa shape index (κ1) is 19.2. The summed E-state index contributed by atoms with van der Waals surface area (Å²) in [5.41, 5.74) is 1.56. The van der Waals surface area contributed by atoms with Gasteiger partial charge in [0, 0.05) is 12.9 Å². The molecule has 0 fully saturated rings. The molecule has 0 N–H and O–H groups in total. The lowest BCUT2D eigenvalue weighted by Crippen LogP contribution is -2.06. The van der Waals surface area contributed by atoms with Crippen LogP contribution >= 0.6 is 11.8 Å². The minimum atomic E-state index is -0.480. The zero-order chi connectivity index (χ0) is 20.4. The fraction of sp³-hybridized carbons (Fsp3) is 0.294. The Morgan fingerprint density at radius 3 is 2.86 bits per heavy atom. The van der Waals surface area contributed by atoms with Crippen LogP contribution in [-0.4, -0.2) is 67.1 Å². The number of ether oxygens (including phenoxy) is 2. The second kappa shape index (κ2) is 8.09. The number of hydrogen-bond donors (Lipinski definition) is 0. The molecule has 4 aromatic rings. The first-order valence-electron chi connectivity index (χ1n) is 8.56. The molecule has 3 heterocycles. The lowest BCUT2D eigenvalue weighted by atomic mass is 10.3. The van der Waals surface area contributed by atoms with Gasteiger partial charge in [-0.25, -0.2) is 9.07 Å². The number of carbonyl (C=O) groups excluding carboxylic acids is 1. The fourth-order valence-electron chi connectivity index (χ4n) is 2.72. The minimum Gasteiger partial charge on any atom is -0.469 e. The predicted octanol–water partition coefficient (Wildman–Crippen LogP) is 1.45. The summed E-state index contributed by atoms with van der Waals surface area (Å²) >= 11 is 1.40. The number of nitrogens with zero attached hydrogens (tertiary/aromatic N) is 7. The Labute approximate surface area is 168 Å². The van der Waals surface area contributed by atoms with Gasteiger partial charge in [-0.05, 0) is 18.2 Å². The van der Waals surface area contributed by atoms with Crippen LogP contribution < -0.4 is 0 Å². The van der Waals surface area contributed by atoms with Gasteiger partial charge < -0.3 is 9.47 Å². The molecule has 4 rings (SSSR count). The summed E-state index contributed by atoms with van der Waals surface area (Å²) < 4.78 is 26.6. The van der Waals surface area contributed by atoms with Crippen LogP contribution in [0.5, 0.6) is 0 Å². The van der Waals surface area contributed by atoms with Crippen molar-refractivity contribution in [3.05, 3.63) is 35.8 Å². The number of halogens is 1. The number of hydrogen-bond acceptors (Lipinski definition) is 9. The highest BCUT2D eigenvalue weighted by molar-refractivity contribution is 7.99. The second-order valence-electron chi connectivity index (χ2n) is 5.91. The van der Waals surface area contributed by atoms with E-state index in [4.69, 9.17) is 9.47 Å². The van der Waals surface area contributed by atoms with Crippen molar-refractivity contribution in [3.63, 3.8) is 0 Å². The summed E-state index contributed by atoms with van der Waals surface area (Å²) in [6, 6.07) is 5.91. The molecule has 0 aliphatic rings. The quantitative estimate of drug-likeness (QED) is 0.251. The Morgan fingerprint density at radius 1 is 1.24 bits per heavy atom. The summed E-state index contributed by atoms with van der Waals surface area (Å²) in [4.78, 5) is 16.2. The number of esters is 1. The van der Waals surface area contributed by atoms with Crippen molar-refractivity contribution in [2.75, 3.05) is 26.6 Å². The molecule has 10 nitrogen and oxygen atoms in total. The highest BCUT2D eigenvalue weighted by Gasteiger charge is 2.22. The number of aromatic nitrogens is 7. The Bertz CT molecular complexity index is 1190. The Hall–Kier alpha value is -3.12. The third-order valence-corrected chi connectivity index (χ3v) is 4.83. The maximum absolute atomic E-state index is 13.8. The van der Waals surface area contributed by atoms with Gasteiger partial charge in [0.2, 0.25) is 5.16 Å². The summed E-state index contributed by atoms with van der Waals surface area (Å²) in [5.74, 6) is 0.0285. The fourth-order valence-corrected chi connectivity index (χ4v) is 3.44. The molecule has 1 aromatic carbocycles. The van der Waals surface area contributed by atoms with E-state index in [1.165, 1.54) is 40.2 Å². The lowest BCUT2D eigenvalue weighted by Gasteiger charge is -2.03. The van der Waals surface area contributed by atoms with Crippen LogP contribution in [0.4, 0.5) is 4.39 Å². The highest BCUT2D eigenvalue weighted by atomic mass is 32.2. The number of fused-ring (bicyclic) bond motifs is 3. The van der Waals surface area contributed by atoms with E-state index < -0.39 is 11.8 Å². The first-order valence-corrected chi connectivity index (χ1v) is 9.55. The smallest absolute Gasteiger partial charge is 0.311 e. The third-order valence-electron chi connectivity index (χ3n) is 4.03. The summed E-state index contributed by atoms with van der Waals surface area (Å²) in [6.07, 6.45) is -0.111. The van der Waals surface area contributed by atoms with Gasteiger partial charge in [-0.2, -0.15) is 14.6 Å². The van der Waals surface area contributed by atoms with Gasteiger partial charge in [0.15, 0.2) is 11.2 Å². The number of methoxy groups -OCH3 is 2.